The van der Waals surface area contributed by atoms with Gasteiger partial charge in [-0.25, -0.2) is 0 Å². The molecule has 98 valence electrons. The monoisotopic (exact) mass is 319 g/mol. The van der Waals surface area contributed by atoms with Crippen molar-refractivity contribution in [2.75, 3.05) is 6.54 Å². The number of halogens is 2. The average molecular weight is 320 g/mol. The number of aryl methyl sites for hydroxylation is 1. The summed E-state index contributed by atoms with van der Waals surface area (Å²) < 4.78 is 0.841. The fourth-order valence-corrected chi connectivity index (χ4v) is 4.39. The molecule has 0 radical (unpaired) electrons. The number of hydrogen-bond donors (Lipinski definition) is 1. The zero-order chi connectivity index (χ0) is 13.1. The Morgan fingerprint density at radius 2 is 2.11 bits per heavy atom. The molecule has 0 saturated heterocycles. The van der Waals surface area contributed by atoms with Gasteiger partial charge in [0.25, 0.3) is 0 Å². The third-order valence-corrected chi connectivity index (χ3v) is 5.81. The van der Waals surface area contributed by atoms with Crippen molar-refractivity contribution in [3.8, 4) is 0 Å². The van der Waals surface area contributed by atoms with Gasteiger partial charge in [-0.3, -0.25) is 0 Å². The third-order valence-electron chi connectivity index (χ3n) is 2.73. The van der Waals surface area contributed by atoms with E-state index in [-0.39, 0.29) is 6.04 Å². The Morgan fingerprint density at radius 3 is 2.61 bits per heavy atom. The molecule has 0 aliphatic carbocycles. The zero-order valence-electron chi connectivity index (χ0n) is 10.3. The second-order valence-corrected chi connectivity index (χ2v) is 7.21. The lowest BCUT2D eigenvalue weighted by Gasteiger charge is -2.16. The molecule has 2 heterocycles. The smallest absolute Gasteiger partial charge is 0.0931 e. The first-order valence-corrected chi connectivity index (χ1v) is 8.28. The zero-order valence-corrected chi connectivity index (χ0v) is 13.4. The predicted octanol–water partition coefficient (Wildman–Crippen LogP) is 5.32. The highest BCUT2D eigenvalue weighted by atomic mass is 35.5. The highest BCUT2D eigenvalue weighted by Crippen LogP contribution is 2.35. The Bertz CT molecular complexity index is 519. The van der Waals surface area contributed by atoms with Crippen molar-refractivity contribution in [1.82, 2.24) is 5.32 Å². The first-order valence-electron chi connectivity index (χ1n) is 5.83. The summed E-state index contributed by atoms with van der Waals surface area (Å²) >= 11 is 15.7. The quantitative estimate of drug-likeness (QED) is 0.786. The SMILES string of the molecule is CCNC(Cc1ccc(Cl)s1)c1scc(C)c1Cl. The standard InChI is InChI=1S/C13H15Cl2NS2/c1-3-16-10(6-9-4-5-11(14)18-9)13-12(15)8(2)7-17-13/h4-5,7,10,16H,3,6H2,1-2H3. The van der Waals surface area contributed by atoms with Gasteiger partial charge in [0, 0.05) is 22.2 Å². The minimum absolute atomic E-state index is 0.274. The molecule has 5 heteroatoms. The van der Waals surface area contributed by atoms with Gasteiger partial charge in [-0.1, -0.05) is 30.1 Å². The molecule has 1 N–H and O–H groups in total. The van der Waals surface area contributed by atoms with Crippen LogP contribution in [-0.2, 0) is 6.42 Å². The third kappa shape index (κ3) is 3.28. The Morgan fingerprint density at radius 1 is 1.33 bits per heavy atom. The molecule has 2 aromatic rings. The van der Waals surface area contributed by atoms with Crippen molar-refractivity contribution < 1.29 is 0 Å². The van der Waals surface area contributed by atoms with E-state index >= 15 is 0 Å². The Balaban J connectivity index is 2.20. The van der Waals surface area contributed by atoms with Crippen molar-refractivity contribution >= 4 is 45.9 Å². The van der Waals surface area contributed by atoms with E-state index in [2.05, 4.69) is 23.7 Å². The van der Waals surface area contributed by atoms with Gasteiger partial charge in [0.15, 0.2) is 0 Å². The second kappa shape index (κ2) is 6.40. The Hall–Kier alpha value is -0.0600. The summed E-state index contributed by atoms with van der Waals surface area (Å²) in [5.41, 5.74) is 1.16. The first kappa shape index (κ1) is 14.4. The number of rotatable bonds is 5. The van der Waals surface area contributed by atoms with Crippen LogP contribution in [0.15, 0.2) is 17.5 Å². The van der Waals surface area contributed by atoms with Crippen molar-refractivity contribution in [1.29, 1.82) is 0 Å². The Kier molecular flexibility index (Phi) is 5.10. The molecule has 0 spiro atoms. The van der Waals surface area contributed by atoms with Crippen LogP contribution in [0.4, 0.5) is 0 Å². The van der Waals surface area contributed by atoms with Gasteiger partial charge in [0.05, 0.1) is 9.36 Å². The van der Waals surface area contributed by atoms with Crippen molar-refractivity contribution in [2.24, 2.45) is 0 Å². The fourth-order valence-electron chi connectivity index (χ4n) is 1.85. The maximum Gasteiger partial charge on any atom is 0.0931 e. The van der Waals surface area contributed by atoms with Crippen molar-refractivity contribution in [2.45, 2.75) is 26.3 Å². The summed E-state index contributed by atoms with van der Waals surface area (Å²) in [5, 5.41) is 6.51. The molecule has 0 saturated carbocycles. The van der Waals surface area contributed by atoms with Gasteiger partial charge >= 0.3 is 0 Å². The van der Waals surface area contributed by atoms with E-state index in [9.17, 15) is 0 Å². The normalized spacial score (nSPS) is 12.9. The van der Waals surface area contributed by atoms with Gasteiger partial charge in [0.2, 0.25) is 0 Å². The van der Waals surface area contributed by atoms with Crippen LogP contribution in [0.3, 0.4) is 0 Å². The molecule has 0 aliphatic rings. The minimum Gasteiger partial charge on any atom is -0.309 e. The molecule has 1 atom stereocenters. The van der Waals surface area contributed by atoms with Crippen LogP contribution in [0, 0.1) is 6.92 Å². The van der Waals surface area contributed by atoms with Crippen LogP contribution in [0.2, 0.25) is 9.36 Å². The predicted molar refractivity (Wildman–Crippen MR) is 83.5 cm³/mol. The molecular weight excluding hydrogens is 305 g/mol. The van der Waals surface area contributed by atoms with Crippen molar-refractivity contribution in [3.05, 3.63) is 42.2 Å². The minimum atomic E-state index is 0.274. The molecule has 0 fully saturated rings. The Labute approximate surface area is 126 Å². The lowest BCUT2D eigenvalue weighted by Crippen LogP contribution is -2.22. The fraction of sp³-hybridized carbons (Fsp3) is 0.385. The molecule has 0 bridgehead atoms. The van der Waals surface area contributed by atoms with Gasteiger partial charge in [-0.2, -0.15) is 0 Å². The van der Waals surface area contributed by atoms with E-state index < -0.39 is 0 Å². The van der Waals surface area contributed by atoms with Crippen LogP contribution >= 0.6 is 45.9 Å². The van der Waals surface area contributed by atoms with E-state index in [4.69, 9.17) is 23.2 Å². The lowest BCUT2D eigenvalue weighted by atomic mass is 10.1. The molecular formula is C13H15Cl2NS2. The first-order chi connectivity index (χ1) is 8.61. The number of nitrogens with one attached hydrogen (secondary N) is 1. The van der Waals surface area contributed by atoms with Crippen LogP contribution in [0.25, 0.3) is 0 Å². The van der Waals surface area contributed by atoms with Gasteiger partial charge in [-0.15, -0.1) is 22.7 Å². The van der Waals surface area contributed by atoms with E-state index in [0.29, 0.717) is 0 Å². The van der Waals surface area contributed by atoms with Gasteiger partial charge in [-0.05, 0) is 36.5 Å². The maximum atomic E-state index is 6.36. The van der Waals surface area contributed by atoms with Crippen LogP contribution in [0.1, 0.15) is 28.3 Å². The van der Waals surface area contributed by atoms with Gasteiger partial charge < -0.3 is 5.32 Å². The molecule has 0 aromatic carbocycles. The van der Waals surface area contributed by atoms with E-state index in [1.165, 1.54) is 9.75 Å². The van der Waals surface area contributed by atoms with E-state index in [0.717, 1.165) is 27.9 Å². The molecule has 18 heavy (non-hydrogen) atoms. The summed E-state index contributed by atoms with van der Waals surface area (Å²) in [7, 11) is 0. The summed E-state index contributed by atoms with van der Waals surface area (Å²) in [6.07, 6.45) is 0.935. The molecule has 1 unspecified atom stereocenters. The molecule has 0 amide bonds. The molecule has 0 aliphatic heterocycles. The molecule has 2 rings (SSSR count). The van der Waals surface area contributed by atoms with Crippen molar-refractivity contribution in [3.63, 3.8) is 0 Å². The molecule has 2 aromatic heterocycles. The highest BCUT2D eigenvalue weighted by Gasteiger charge is 2.18. The summed E-state index contributed by atoms with van der Waals surface area (Å²) in [6, 6.07) is 4.31. The largest absolute Gasteiger partial charge is 0.309 e. The van der Waals surface area contributed by atoms with E-state index in [1.807, 2.05) is 13.0 Å². The number of likely N-dealkylation sites (N-methyl/N-ethyl adjacent to an activating group) is 1. The average Bonchev–Trinajstić information content (AvgIpc) is 2.87. The molecule has 1 nitrogen and oxygen atoms in total. The maximum absolute atomic E-state index is 6.36. The summed E-state index contributed by atoms with van der Waals surface area (Å²) in [6.45, 7) is 5.09. The summed E-state index contributed by atoms with van der Waals surface area (Å²) in [5.74, 6) is 0. The highest BCUT2D eigenvalue weighted by molar-refractivity contribution is 7.16. The van der Waals surface area contributed by atoms with Crippen LogP contribution in [0.5, 0.6) is 0 Å². The number of thiophene rings is 2. The second-order valence-electron chi connectivity index (χ2n) is 4.12. The van der Waals surface area contributed by atoms with Crippen LogP contribution < -0.4 is 5.32 Å². The number of hydrogen-bond acceptors (Lipinski definition) is 3. The van der Waals surface area contributed by atoms with Gasteiger partial charge in [0.1, 0.15) is 0 Å². The topological polar surface area (TPSA) is 12.0 Å². The van der Waals surface area contributed by atoms with Crippen LogP contribution in [-0.4, -0.2) is 6.54 Å². The lowest BCUT2D eigenvalue weighted by molar-refractivity contribution is 0.562. The van der Waals surface area contributed by atoms with E-state index in [1.54, 1.807) is 22.7 Å². The summed E-state index contributed by atoms with van der Waals surface area (Å²) in [4.78, 5) is 2.51.